The average Bonchev–Trinajstić information content (AvgIpc) is 2.88. The minimum Gasteiger partial charge on any atom is -0.389 e. The van der Waals surface area contributed by atoms with Crippen LogP contribution in [-0.2, 0) is 19.5 Å². The summed E-state index contributed by atoms with van der Waals surface area (Å²) >= 11 is 0. The summed E-state index contributed by atoms with van der Waals surface area (Å²) < 4.78 is 49.4. The topological polar surface area (TPSA) is 77.3 Å². The molecular weight excluding hydrogens is 342 g/mol. The van der Waals surface area contributed by atoms with Gasteiger partial charge in [-0.15, -0.1) is 0 Å². The van der Waals surface area contributed by atoms with Crippen LogP contribution in [0.5, 0.6) is 0 Å². The van der Waals surface area contributed by atoms with E-state index in [0.29, 0.717) is 5.56 Å². The number of sulfone groups is 1. The monoisotopic (exact) mass is 360 g/mol. The number of alkyl halides is 2. The van der Waals surface area contributed by atoms with Gasteiger partial charge in [0.2, 0.25) is 9.84 Å². The molecule has 0 N–H and O–H groups in total. The Kier molecular flexibility index (Phi) is 5.53. The molecule has 9 heteroatoms. The van der Waals surface area contributed by atoms with Gasteiger partial charge in [0.05, 0.1) is 0 Å². The van der Waals surface area contributed by atoms with Crippen molar-refractivity contribution in [1.82, 2.24) is 0 Å². The molecule has 0 aliphatic carbocycles. The second kappa shape index (κ2) is 7.25. The van der Waals surface area contributed by atoms with E-state index in [0.717, 1.165) is 0 Å². The van der Waals surface area contributed by atoms with E-state index >= 15 is 0 Å². The van der Waals surface area contributed by atoms with E-state index in [2.05, 4.69) is 15.1 Å². The highest BCUT2D eigenvalue weighted by Crippen LogP contribution is 2.25. The lowest BCUT2D eigenvalue weighted by atomic mass is 10.1. The van der Waals surface area contributed by atoms with Crippen molar-refractivity contribution in [2.45, 2.75) is 32.3 Å². The summed E-state index contributed by atoms with van der Waals surface area (Å²) in [6.45, 7) is 2.53. The number of benzene rings is 1. The van der Waals surface area contributed by atoms with Crippen molar-refractivity contribution < 1.29 is 26.9 Å². The van der Waals surface area contributed by atoms with Crippen LogP contribution >= 0.6 is 0 Å². The second-order valence-corrected chi connectivity index (χ2v) is 7.85. The molecule has 0 saturated carbocycles. The molecule has 1 aromatic carbocycles. The highest BCUT2D eigenvalue weighted by molar-refractivity contribution is 8.07. The fraction of sp³-hybridized carbons (Fsp3) is 0.467. The van der Waals surface area contributed by atoms with Crippen LogP contribution in [-0.4, -0.2) is 43.6 Å². The molecule has 1 heterocycles. The maximum atomic E-state index is 12.5. The third-order valence-corrected chi connectivity index (χ3v) is 4.73. The summed E-state index contributed by atoms with van der Waals surface area (Å²) in [4.78, 5) is 9.64. The van der Waals surface area contributed by atoms with Gasteiger partial charge in [-0.25, -0.2) is 17.2 Å². The molecule has 0 atom stereocenters. The molecule has 0 radical (unpaired) electrons. The first-order valence-electron chi connectivity index (χ1n) is 7.20. The van der Waals surface area contributed by atoms with Gasteiger partial charge in [-0.3, -0.25) is 0 Å². The number of halogens is 2. The zero-order chi connectivity index (χ0) is 17.8. The number of hydrogen-bond donors (Lipinski definition) is 0. The average molecular weight is 360 g/mol. The molecule has 1 aromatic rings. The van der Waals surface area contributed by atoms with Crippen LogP contribution in [0.1, 0.15) is 25.8 Å². The number of rotatable bonds is 6. The van der Waals surface area contributed by atoms with Gasteiger partial charge in [0.1, 0.15) is 17.1 Å². The normalized spacial score (nSPS) is 17.5. The Labute approximate surface area is 139 Å². The highest BCUT2D eigenvalue weighted by atomic mass is 32.2. The van der Waals surface area contributed by atoms with Crippen molar-refractivity contribution >= 4 is 20.6 Å². The lowest BCUT2D eigenvalue weighted by Crippen LogP contribution is -2.27. The molecule has 6 nitrogen and oxygen atoms in total. The van der Waals surface area contributed by atoms with Crippen molar-refractivity contribution in [3.63, 3.8) is 0 Å². The van der Waals surface area contributed by atoms with E-state index in [1.807, 2.05) is 0 Å². The summed E-state index contributed by atoms with van der Waals surface area (Å²) in [6.07, 6.45) is -2.56. The van der Waals surface area contributed by atoms with Crippen LogP contribution in [0.2, 0.25) is 0 Å². The Bertz CT molecular complexity index is 731. The molecule has 0 unspecified atom stereocenters. The van der Waals surface area contributed by atoms with Gasteiger partial charge in [-0.2, -0.15) is 0 Å². The van der Waals surface area contributed by atoms with Crippen molar-refractivity contribution in [2.75, 3.05) is 12.4 Å². The molecule has 0 aromatic heterocycles. The third-order valence-electron chi connectivity index (χ3n) is 3.14. The Hall–Kier alpha value is -2.03. The Morgan fingerprint density at radius 3 is 2.58 bits per heavy atom. The molecule has 1 aliphatic heterocycles. The molecule has 0 bridgehead atoms. The molecule has 0 spiro atoms. The Morgan fingerprint density at radius 1 is 1.38 bits per heavy atom. The smallest absolute Gasteiger partial charge is 0.274 e. The van der Waals surface area contributed by atoms with Crippen molar-refractivity contribution in [3.05, 3.63) is 35.9 Å². The number of nitrogens with zero attached hydrogens (tertiary/aromatic N) is 2. The first-order valence-corrected chi connectivity index (χ1v) is 8.85. The van der Waals surface area contributed by atoms with Crippen molar-refractivity contribution in [1.29, 1.82) is 0 Å². The minimum absolute atomic E-state index is 0.0312. The molecule has 2 rings (SSSR count). The lowest BCUT2D eigenvalue weighted by molar-refractivity contribution is 0.0123. The van der Waals surface area contributed by atoms with Crippen LogP contribution in [0.4, 0.5) is 8.78 Å². The predicted octanol–water partition coefficient (Wildman–Crippen LogP) is 2.60. The first-order chi connectivity index (χ1) is 11.2. The van der Waals surface area contributed by atoms with Crippen LogP contribution < -0.4 is 0 Å². The van der Waals surface area contributed by atoms with Gasteiger partial charge in [-0.1, -0.05) is 40.6 Å². The lowest BCUT2D eigenvalue weighted by Gasteiger charge is -2.13. The summed E-state index contributed by atoms with van der Waals surface area (Å²) in [5.74, 6) is -0.515. The summed E-state index contributed by atoms with van der Waals surface area (Å²) in [7, 11) is -3.80. The molecule has 0 saturated heterocycles. The first kappa shape index (κ1) is 18.3. The van der Waals surface area contributed by atoms with E-state index in [4.69, 9.17) is 4.84 Å². The van der Waals surface area contributed by atoms with Gasteiger partial charge in [-0.05, 0) is 13.8 Å². The number of oxime groups is 2. The van der Waals surface area contributed by atoms with Crippen LogP contribution in [0, 0.1) is 0 Å². The van der Waals surface area contributed by atoms with E-state index in [1.54, 1.807) is 44.2 Å². The number of hydrogen-bond acceptors (Lipinski definition) is 6. The van der Waals surface area contributed by atoms with Gasteiger partial charge in [0.25, 0.3) is 6.43 Å². The maximum Gasteiger partial charge on any atom is 0.274 e. The summed E-state index contributed by atoms with van der Waals surface area (Å²) in [5.41, 5.74) is -0.198. The second-order valence-electron chi connectivity index (χ2n) is 5.86. The Morgan fingerprint density at radius 2 is 2.04 bits per heavy atom. The van der Waals surface area contributed by atoms with Gasteiger partial charge >= 0.3 is 0 Å². The summed E-state index contributed by atoms with van der Waals surface area (Å²) in [5, 5.41) is 7.12. The fourth-order valence-electron chi connectivity index (χ4n) is 2.00. The molecular formula is C15H18F2N2O4S. The van der Waals surface area contributed by atoms with Gasteiger partial charge in [0.15, 0.2) is 11.7 Å². The molecule has 132 valence electrons. The zero-order valence-corrected chi connectivity index (χ0v) is 14.1. The minimum atomic E-state index is -3.80. The molecule has 1 aliphatic rings. The largest absolute Gasteiger partial charge is 0.389 e. The van der Waals surface area contributed by atoms with Crippen LogP contribution in [0.3, 0.4) is 0 Å². The predicted molar refractivity (Wildman–Crippen MR) is 85.9 cm³/mol. The van der Waals surface area contributed by atoms with E-state index < -0.39 is 34.2 Å². The SMILES string of the molecule is CC1(C)CC(S(=O)(=O)CC(=NOCC(F)F)c2ccccc2)=NO1. The molecule has 0 amide bonds. The zero-order valence-electron chi connectivity index (χ0n) is 13.3. The third kappa shape index (κ3) is 4.98. The standard InChI is InChI=1S/C15H18F2N2O4S/c1-15(2)8-14(19-23-15)24(20,21)10-12(18-22-9-13(16)17)11-6-4-3-5-7-11/h3-7,13H,8-10H2,1-2H3. The van der Waals surface area contributed by atoms with Crippen molar-refractivity contribution in [2.24, 2.45) is 10.3 Å². The van der Waals surface area contributed by atoms with Gasteiger partial charge < -0.3 is 9.68 Å². The van der Waals surface area contributed by atoms with Crippen LogP contribution in [0.15, 0.2) is 40.6 Å². The molecule has 24 heavy (non-hydrogen) atoms. The maximum absolute atomic E-state index is 12.5. The van der Waals surface area contributed by atoms with Crippen LogP contribution in [0.25, 0.3) is 0 Å². The fourth-order valence-corrected chi connectivity index (χ4v) is 3.46. The van der Waals surface area contributed by atoms with E-state index in [-0.39, 0.29) is 17.2 Å². The van der Waals surface area contributed by atoms with Gasteiger partial charge in [0, 0.05) is 12.0 Å². The van der Waals surface area contributed by atoms with E-state index in [1.165, 1.54) is 0 Å². The molecule has 0 fully saturated rings. The van der Waals surface area contributed by atoms with E-state index in [9.17, 15) is 17.2 Å². The Balaban J connectivity index is 2.22. The van der Waals surface area contributed by atoms with Crippen molar-refractivity contribution in [3.8, 4) is 0 Å². The summed E-state index contributed by atoms with van der Waals surface area (Å²) in [6, 6.07) is 8.36. The quantitative estimate of drug-likeness (QED) is 0.577. The highest BCUT2D eigenvalue weighted by Gasteiger charge is 2.36.